The Bertz CT molecular complexity index is 912. The Balaban J connectivity index is 1.76. The highest BCUT2D eigenvalue weighted by atomic mass is 35.5. The van der Waals surface area contributed by atoms with Gasteiger partial charge < -0.3 is 0 Å². The van der Waals surface area contributed by atoms with Gasteiger partial charge in [0.25, 0.3) is 5.91 Å². The van der Waals surface area contributed by atoms with E-state index in [0.717, 1.165) is 42.5 Å². The highest BCUT2D eigenvalue weighted by Crippen LogP contribution is 2.41. The Hall–Kier alpha value is -2.04. The van der Waals surface area contributed by atoms with Gasteiger partial charge in [-0.15, -0.1) is 0 Å². The summed E-state index contributed by atoms with van der Waals surface area (Å²) in [5.74, 6) is -0.0605. The Morgan fingerprint density at radius 3 is 2.30 bits per heavy atom. The molecule has 1 aliphatic heterocycles. The molecule has 0 unspecified atom stereocenters. The number of rotatable bonds is 2. The summed E-state index contributed by atoms with van der Waals surface area (Å²) in [4.78, 5) is 20.8. The Kier molecular flexibility index (Phi) is 4.87. The van der Waals surface area contributed by atoms with Crippen molar-refractivity contribution in [2.45, 2.75) is 44.7 Å². The number of aliphatic imine (C=N–C) groups is 1. The van der Waals surface area contributed by atoms with Crippen molar-refractivity contribution in [3.63, 3.8) is 0 Å². The van der Waals surface area contributed by atoms with Crippen LogP contribution in [0.4, 0.5) is 0 Å². The van der Waals surface area contributed by atoms with Gasteiger partial charge in [0.05, 0.1) is 0 Å². The van der Waals surface area contributed by atoms with Gasteiger partial charge in [-0.05, 0) is 56.9 Å². The van der Waals surface area contributed by atoms with Crippen molar-refractivity contribution in [2.75, 3.05) is 0 Å². The molecule has 0 N–H and O–H groups in total. The monoisotopic (exact) mass is 396 g/mol. The molecule has 1 amide bonds. The molecule has 0 aromatic heterocycles. The number of hydrogen-bond acceptors (Lipinski definition) is 3. The highest BCUT2D eigenvalue weighted by molar-refractivity contribution is 7.82. The fourth-order valence-electron chi connectivity index (χ4n) is 3.96. The molecule has 4 rings (SSSR count). The molecule has 0 atom stereocenters. The largest absolute Gasteiger partial charge is 0.271 e. The molecule has 0 bridgehead atoms. The predicted molar refractivity (Wildman–Crippen MR) is 114 cm³/mol. The molecule has 2 aromatic carbocycles. The Morgan fingerprint density at radius 2 is 1.67 bits per heavy atom. The summed E-state index contributed by atoms with van der Waals surface area (Å²) in [6.07, 6.45) is 4.98. The number of benzene rings is 2. The first kappa shape index (κ1) is 18.3. The quantitative estimate of drug-likeness (QED) is 0.620. The zero-order chi connectivity index (χ0) is 19.0. The minimum Gasteiger partial charge on any atom is -0.271 e. The first-order valence-electron chi connectivity index (χ1n) is 9.32. The number of halogens is 1. The second-order valence-corrected chi connectivity index (χ2v) is 8.15. The summed E-state index contributed by atoms with van der Waals surface area (Å²) in [5, 5.41) is 0.670. The molecule has 0 radical (unpaired) electrons. The van der Waals surface area contributed by atoms with E-state index in [2.05, 4.69) is 0 Å². The molecule has 1 heterocycles. The Labute approximate surface area is 170 Å². The van der Waals surface area contributed by atoms with E-state index in [9.17, 15) is 4.79 Å². The van der Waals surface area contributed by atoms with Crippen molar-refractivity contribution >= 4 is 40.4 Å². The van der Waals surface area contributed by atoms with Gasteiger partial charge in [0.15, 0.2) is 0 Å². The lowest BCUT2D eigenvalue weighted by Crippen LogP contribution is -2.50. The maximum atomic E-state index is 13.4. The van der Waals surface area contributed by atoms with Crippen LogP contribution in [0, 0.1) is 6.92 Å². The van der Waals surface area contributed by atoms with Gasteiger partial charge in [0.2, 0.25) is 0 Å². The standard InChI is InChI=1S/C22H21ClN2OS/c1-15-5-7-17(8-6-15)20(26)25-21(27)19(16-9-11-18(23)12-10-16)24-22(25)13-3-2-4-14-22/h5-12H,2-4,13-14H2,1H3. The van der Waals surface area contributed by atoms with Crippen LogP contribution in [0.3, 0.4) is 0 Å². The van der Waals surface area contributed by atoms with Crippen molar-refractivity contribution in [1.82, 2.24) is 4.90 Å². The second kappa shape index (κ2) is 7.17. The summed E-state index contributed by atoms with van der Waals surface area (Å²) < 4.78 is 0. The third kappa shape index (κ3) is 3.32. The summed E-state index contributed by atoms with van der Waals surface area (Å²) in [7, 11) is 0. The van der Waals surface area contributed by atoms with E-state index < -0.39 is 5.66 Å². The molecule has 3 nitrogen and oxygen atoms in total. The van der Waals surface area contributed by atoms with Crippen molar-refractivity contribution in [3.05, 3.63) is 70.2 Å². The van der Waals surface area contributed by atoms with Gasteiger partial charge in [-0.25, -0.2) is 0 Å². The third-order valence-corrected chi connectivity index (χ3v) is 6.04. The molecule has 27 heavy (non-hydrogen) atoms. The first-order valence-corrected chi connectivity index (χ1v) is 10.1. The molecule has 1 saturated carbocycles. The molecule has 5 heteroatoms. The number of aryl methyl sites for hydroxylation is 1. The van der Waals surface area contributed by atoms with E-state index in [1.165, 1.54) is 6.42 Å². The molecule has 2 aromatic rings. The van der Waals surface area contributed by atoms with Gasteiger partial charge in [-0.1, -0.05) is 60.1 Å². The number of amides is 1. The zero-order valence-corrected chi connectivity index (χ0v) is 16.8. The van der Waals surface area contributed by atoms with Crippen LogP contribution in [0.25, 0.3) is 0 Å². The molecule has 2 aliphatic rings. The zero-order valence-electron chi connectivity index (χ0n) is 15.2. The van der Waals surface area contributed by atoms with Gasteiger partial charge in [0.1, 0.15) is 16.4 Å². The third-order valence-electron chi connectivity index (χ3n) is 5.42. The number of carbonyl (C=O) groups is 1. The van der Waals surface area contributed by atoms with Crippen LogP contribution in [-0.2, 0) is 0 Å². The topological polar surface area (TPSA) is 32.7 Å². The van der Waals surface area contributed by atoms with Gasteiger partial charge in [0, 0.05) is 16.1 Å². The average Bonchev–Trinajstić information content (AvgIpc) is 2.95. The molecule has 1 fully saturated rings. The normalized spacial score (nSPS) is 18.7. The molecule has 1 aliphatic carbocycles. The van der Waals surface area contributed by atoms with Crippen LogP contribution < -0.4 is 0 Å². The van der Waals surface area contributed by atoms with E-state index in [1.54, 1.807) is 4.90 Å². The summed E-state index contributed by atoms with van der Waals surface area (Å²) in [5.41, 5.74) is 2.87. The van der Waals surface area contributed by atoms with Crippen molar-refractivity contribution in [1.29, 1.82) is 0 Å². The Morgan fingerprint density at radius 1 is 1.04 bits per heavy atom. The van der Waals surface area contributed by atoms with Crippen LogP contribution in [-0.4, -0.2) is 27.2 Å². The maximum Gasteiger partial charge on any atom is 0.260 e. The molecule has 0 saturated heterocycles. The van der Waals surface area contributed by atoms with E-state index in [4.69, 9.17) is 28.8 Å². The van der Waals surface area contributed by atoms with E-state index in [1.807, 2.05) is 55.5 Å². The lowest BCUT2D eigenvalue weighted by Gasteiger charge is -2.38. The van der Waals surface area contributed by atoms with Crippen LogP contribution in [0.5, 0.6) is 0 Å². The van der Waals surface area contributed by atoms with Crippen molar-refractivity contribution in [3.8, 4) is 0 Å². The lowest BCUT2D eigenvalue weighted by molar-refractivity contribution is 0.0648. The SMILES string of the molecule is Cc1ccc(C(=O)N2C(=S)C(c3ccc(Cl)cc3)=NC23CCCCC3)cc1. The minimum atomic E-state index is -0.549. The highest BCUT2D eigenvalue weighted by Gasteiger charge is 2.48. The summed E-state index contributed by atoms with van der Waals surface area (Å²) in [6, 6.07) is 15.2. The lowest BCUT2D eigenvalue weighted by atomic mass is 9.88. The molecular weight excluding hydrogens is 376 g/mol. The molecule has 1 spiro atoms. The van der Waals surface area contributed by atoms with Crippen molar-refractivity contribution in [2.24, 2.45) is 4.99 Å². The summed E-state index contributed by atoms with van der Waals surface area (Å²) in [6.45, 7) is 2.01. The fourth-order valence-corrected chi connectivity index (χ4v) is 4.50. The van der Waals surface area contributed by atoms with Gasteiger partial charge in [-0.3, -0.25) is 14.7 Å². The minimum absolute atomic E-state index is 0.0605. The van der Waals surface area contributed by atoms with Crippen molar-refractivity contribution < 1.29 is 4.79 Å². The number of thiocarbonyl (C=S) groups is 1. The van der Waals surface area contributed by atoms with Crippen LogP contribution in [0.15, 0.2) is 53.5 Å². The van der Waals surface area contributed by atoms with E-state index in [0.29, 0.717) is 15.6 Å². The van der Waals surface area contributed by atoms with E-state index in [-0.39, 0.29) is 5.91 Å². The number of hydrogen-bond donors (Lipinski definition) is 0. The fraction of sp³-hybridized carbons (Fsp3) is 0.318. The predicted octanol–water partition coefficient (Wildman–Crippen LogP) is 5.58. The number of carbonyl (C=O) groups excluding carboxylic acids is 1. The van der Waals surface area contributed by atoms with Gasteiger partial charge >= 0.3 is 0 Å². The molecule has 138 valence electrons. The van der Waals surface area contributed by atoms with E-state index >= 15 is 0 Å². The smallest absolute Gasteiger partial charge is 0.260 e. The average molecular weight is 397 g/mol. The second-order valence-electron chi connectivity index (χ2n) is 7.32. The first-order chi connectivity index (χ1) is 13.0. The van der Waals surface area contributed by atoms with Crippen LogP contribution in [0.1, 0.15) is 53.6 Å². The molecular formula is C22H21ClN2OS. The van der Waals surface area contributed by atoms with Gasteiger partial charge in [-0.2, -0.15) is 0 Å². The maximum absolute atomic E-state index is 13.4. The van der Waals surface area contributed by atoms with Crippen LogP contribution >= 0.6 is 23.8 Å². The summed E-state index contributed by atoms with van der Waals surface area (Å²) >= 11 is 11.8. The number of nitrogens with zero attached hydrogens (tertiary/aromatic N) is 2. The van der Waals surface area contributed by atoms with Crippen LogP contribution in [0.2, 0.25) is 5.02 Å².